The van der Waals surface area contributed by atoms with Crippen LogP contribution in [0.4, 0.5) is 5.69 Å². The SMILES string of the molecule is CCC(O)c1cccc(S(=O)(=O)Nc2ccc(I)cc2)c1. The van der Waals surface area contributed by atoms with Gasteiger partial charge in [0.2, 0.25) is 0 Å². The fraction of sp³-hybridized carbons (Fsp3) is 0.200. The summed E-state index contributed by atoms with van der Waals surface area (Å²) in [6, 6.07) is 13.5. The summed E-state index contributed by atoms with van der Waals surface area (Å²) in [5.74, 6) is 0. The molecule has 0 amide bonds. The second-order valence-electron chi connectivity index (χ2n) is 4.61. The monoisotopic (exact) mass is 417 g/mol. The van der Waals surface area contributed by atoms with Gasteiger partial charge in [-0.05, 0) is 71.0 Å². The molecule has 0 aliphatic rings. The first-order chi connectivity index (χ1) is 9.92. The molecule has 0 aromatic heterocycles. The molecule has 2 aromatic rings. The van der Waals surface area contributed by atoms with E-state index in [4.69, 9.17) is 0 Å². The zero-order valence-electron chi connectivity index (χ0n) is 11.5. The number of halogens is 1. The minimum Gasteiger partial charge on any atom is -0.388 e. The molecule has 0 saturated carbocycles. The Morgan fingerprint density at radius 1 is 1.19 bits per heavy atom. The van der Waals surface area contributed by atoms with Crippen molar-refractivity contribution in [3.63, 3.8) is 0 Å². The number of sulfonamides is 1. The van der Waals surface area contributed by atoms with E-state index in [0.717, 1.165) is 3.57 Å². The van der Waals surface area contributed by atoms with Gasteiger partial charge in [0.05, 0.1) is 11.0 Å². The minimum absolute atomic E-state index is 0.144. The Labute approximate surface area is 138 Å². The second kappa shape index (κ2) is 6.76. The molecule has 0 aliphatic heterocycles. The molecule has 6 heteroatoms. The smallest absolute Gasteiger partial charge is 0.261 e. The van der Waals surface area contributed by atoms with Crippen molar-refractivity contribution in [3.05, 3.63) is 57.7 Å². The van der Waals surface area contributed by atoms with Gasteiger partial charge in [0.1, 0.15) is 0 Å². The molecular formula is C15H16INO3S. The van der Waals surface area contributed by atoms with Crippen LogP contribution in [0, 0.1) is 3.57 Å². The summed E-state index contributed by atoms with van der Waals surface area (Å²) < 4.78 is 28.3. The van der Waals surface area contributed by atoms with Gasteiger partial charge in [-0.1, -0.05) is 19.1 Å². The van der Waals surface area contributed by atoms with Gasteiger partial charge < -0.3 is 5.11 Å². The van der Waals surface area contributed by atoms with Gasteiger partial charge in [-0.25, -0.2) is 8.42 Å². The highest BCUT2D eigenvalue weighted by Gasteiger charge is 2.16. The number of hydrogen-bond donors (Lipinski definition) is 2. The largest absolute Gasteiger partial charge is 0.388 e. The lowest BCUT2D eigenvalue weighted by Gasteiger charge is -2.12. The molecule has 112 valence electrons. The molecule has 0 fully saturated rings. The van der Waals surface area contributed by atoms with Gasteiger partial charge in [-0.2, -0.15) is 0 Å². The topological polar surface area (TPSA) is 66.4 Å². The molecule has 2 rings (SSSR count). The number of aliphatic hydroxyl groups excluding tert-OH is 1. The zero-order valence-corrected chi connectivity index (χ0v) is 14.4. The van der Waals surface area contributed by atoms with Crippen LogP contribution in [0.1, 0.15) is 25.0 Å². The van der Waals surface area contributed by atoms with Gasteiger partial charge in [-0.15, -0.1) is 0 Å². The third-order valence-electron chi connectivity index (χ3n) is 3.04. The van der Waals surface area contributed by atoms with E-state index in [2.05, 4.69) is 27.3 Å². The van der Waals surface area contributed by atoms with E-state index >= 15 is 0 Å². The maximum absolute atomic E-state index is 12.4. The lowest BCUT2D eigenvalue weighted by molar-refractivity contribution is 0.173. The van der Waals surface area contributed by atoms with Crippen LogP contribution in [-0.2, 0) is 10.0 Å². The van der Waals surface area contributed by atoms with E-state index in [-0.39, 0.29) is 4.90 Å². The number of rotatable bonds is 5. The first-order valence-electron chi connectivity index (χ1n) is 6.49. The number of benzene rings is 2. The molecule has 2 aromatic carbocycles. The fourth-order valence-corrected chi connectivity index (χ4v) is 3.33. The minimum atomic E-state index is -3.65. The number of aliphatic hydroxyl groups is 1. The van der Waals surface area contributed by atoms with Crippen LogP contribution in [-0.4, -0.2) is 13.5 Å². The average molecular weight is 417 g/mol. The lowest BCUT2D eigenvalue weighted by atomic mass is 10.1. The number of anilines is 1. The first-order valence-corrected chi connectivity index (χ1v) is 9.05. The van der Waals surface area contributed by atoms with Crippen molar-refractivity contribution in [2.45, 2.75) is 24.3 Å². The highest BCUT2D eigenvalue weighted by molar-refractivity contribution is 14.1. The van der Waals surface area contributed by atoms with Crippen LogP contribution < -0.4 is 4.72 Å². The van der Waals surface area contributed by atoms with E-state index in [1.54, 1.807) is 24.3 Å². The third kappa shape index (κ3) is 4.18. The standard InChI is InChI=1S/C15H16INO3S/c1-2-15(18)11-4-3-5-14(10-11)21(19,20)17-13-8-6-12(16)7-9-13/h3-10,15,17-18H,2H2,1H3. The predicted octanol–water partition coefficient (Wildman–Crippen LogP) is 3.54. The van der Waals surface area contributed by atoms with Crippen LogP contribution in [0.3, 0.4) is 0 Å². The van der Waals surface area contributed by atoms with Gasteiger partial charge in [0.25, 0.3) is 10.0 Å². The van der Waals surface area contributed by atoms with Gasteiger partial charge in [0, 0.05) is 9.26 Å². The summed E-state index contributed by atoms with van der Waals surface area (Å²) in [5, 5.41) is 9.82. The van der Waals surface area contributed by atoms with Crippen molar-refractivity contribution < 1.29 is 13.5 Å². The van der Waals surface area contributed by atoms with E-state index in [0.29, 0.717) is 17.7 Å². The van der Waals surface area contributed by atoms with E-state index in [9.17, 15) is 13.5 Å². The molecule has 21 heavy (non-hydrogen) atoms. The Balaban J connectivity index is 2.29. The molecule has 0 aliphatic carbocycles. The van der Waals surface area contributed by atoms with Gasteiger partial charge in [-0.3, -0.25) is 4.72 Å². The second-order valence-corrected chi connectivity index (χ2v) is 7.54. The Bertz CT molecular complexity index is 714. The van der Waals surface area contributed by atoms with Crippen LogP contribution >= 0.6 is 22.6 Å². The highest BCUT2D eigenvalue weighted by Crippen LogP contribution is 2.22. The Kier molecular flexibility index (Phi) is 5.23. The maximum atomic E-state index is 12.4. The molecule has 1 atom stereocenters. The molecule has 4 nitrogen and oxygen atoms in total. The Hall–Kier alpha value is -1.12. The predicted molar refractivity (Wildman–Crippen MR) is 91.7 cm³/mol. The van der Waals surface area contributed by atoms with Crippen LogP contribution in [0.5, 0.6) is 0 Å². The van der Waals surface area contributed by atoms with Crippen molar-refractivity contribution in [3.8, 4) is 0 Å². The van der Waals surface area contributed by atoms with Crippen molar-refractivity contribution >= 4 is 38.3 Å². The maximum Gasteiger partial charge on any atom is 0.261 e. The van der Waals surface area contributed by atoms with Crippen molar-refractivity contribution in [2.24, 2.45) is 0 Å². The van der Waals surface area contributed by atoms with E-state index in [1.165, 1.54) is 12.1 Å². The van der Waals surface area contributed by atoms with Crippen molar-refractivity contribution in [1.29, 1.82) is 0 Å². The molecule has 0 radical (unpaired) electrons. The Morgan fingerprint density at radius 3 is 2.48 bits per heavy atom. The molecule has 0 saturated heterocycles. The van der Waals surface area contributed by atoms with Gasteiger partial charge in [0.15, 0.2) is 0 Å². The molecule has 0 spiro atoms. The molecule has 1 unspecified atom stereocenters. The lowest BCUT2D eigenvalue weighted by Crippen LogP contribution is -2.13. The average Bonchev–Trinajstić information content (AvgIpc) is 2.49. The third-order valence-corrected chi connectivity index (χ3v) is 5.13. The normalized spacial score (nSPS) is 12.9. The number of hydrogen-bond acceptors (Lipinski definition) is 3. The van der Waals surface area contributed by atoms with Crippen LogP contribution in [0.15, 0.2) is 53.4 Å². The Morgan fingerprint density at radius 2 is 1.86 bits per heavy atom. The summed E-state index contributed by atoms with van der Waals surface area (Å²) >= 11 is 2.16. The quantitative estimate of drug-likeness (QED) is 0.732. The number of nitrogens with one attached hydrogen (secondary N) is 1. The van der Waals surface area contributed by atoms with Gasteiger partial charge >= 0.3 is 0 Å². The zero-order chi connectivity index (χ0) is 15.5. The van der Waals surface area contributed by atoms with E-state index < -0.39 is 16.1 Å². The first kappa shape index (κ1) is 16.3. The summed E-state index contributed by atoms with van der Waals surface area (Å²) in [4.78, 5) is 0.144. The highest BCUT2D eigenvalue weighted by atomic mass is 127. The summed E-state index contributed by atoms with van der Waals surface area (Å²) in [7, 11) is -3.65. The summed E-state index contributed by atoms with van der Waals surface area (Å²) in [6.45, 7) is 1.84. The molecule has 2 N–H and O–H groups in total. The summed E-state index contributed by atoms with van der Waals surface area (Å²) in [5.41, 5.74) is 1.11. The van der Waals surface area contributed by atoms with Crippen molar-refractivity contribution in [1.82, 2.24) is 0 Å². The van der Waals surface area contributed by atoms with Crippen LogP contribution in [0.25, 0.3) is 0 Å². The molecular weight excluding hydrogens is 401 g/mol. The summed E-state index contributed by atoms with van der Waals surface area (Å²) in [6.07, 6.45) is -0.118. The fourth-order valence-electron chi connectivity index (χ4n) is 1.86. The molecule has 0 bridgehead atoms. The molecule has 0 heterocycles. The van der Waals surface area contributed by atoms with Crippen LogP contribution in [0.2, 0.25) is 0 Å². The van der Waals surface area contributed by atoms with Crippen molar-refractivity contribution in [2.75, 3.05) is 4.72 Å². The van der Waals surface area contributed by atoms with E-state index in [1.807, 2.05) is 19.1 Å².